The lowest BCUT2D eigenvalue weighted by atomic mass is 9.99. The minimum Gasteiger partial charge on any atom is -0.393 e. The molecule has 0 saturated carbocycles. The molecule has 1 aliphatic heterocycles. The zero-order chi connectivity index (χ0) is 14.5. The van der Waals surface area contributed by atoms with E-state index in [4.69, 9.17) is 0 Å². The first-order chi connectivity index (χ1) is 9.58. The highest BCUT2D eigenvalue weighted by Gasteiger charge is 2.24. The Balaban J connectivity index is 1.87. The van der Waals surface area contributed by atoms with E-state index in [1.807, 2.05) is 6.92 Å². The third-order valence-electron chi connectivity index (χ3n) is 3.95. The number of nitrogens with zero attached hydrogens (tertiary/aromatic N) is 1. The zero-order valence-corrected chi connectivity index (χ0v) is 12.3. The Morgan fingerprint density at radius 2 is 2.05 bits per heavy atom. The molecule has 0 aliphatic carbocycles. The van der Waals surface area contributed by atoms with Crippen molar-refractivity contribution in [2.75, 3.05) is 13.1 Å². The molecule has 110 valence electrons. The van der Waals surface area contributed by atoms with Crippen molar-refractivity contribution in [3.8, 4) is 0 Å². The normalized spacial score (nSPS) is 18.1. The van der Waals surface area contributed by atoms with E-state index in [0.29, 0.717) is 13.0 Å². The smallest absolute Gasteiger partial charge is 0.237 e. The molecule has 2 unspecified atom stereocenters. The van der Waals surface area contributed by atoms with Crippen LogP contribution in [0.5, 0.6) is 0 Å². The van der Waals surface area contributed by atoms with Crippen LogP contribution in [0, 0.1) is 0 Å². The van der Waals surface area contributed by atoms with Crippen molar-refractivity contribution in [2.24, 2.45) is 0 Å². The van der Waals surface area contributed by atoms with Gasteiger partial charge < -0.3 is 10.4 Å². The molecule has 0 spiro atoms. The highest BCUT2D eigenvalue weighted by molar-refractivity contribution is 5.81. The molecule has 20 heavy (non-hydrogen) atoms. The molecule has 0 bridgehead atoms. The van der Waals surface area contributed by atoms with Gasteiger partial charge in [0.2, 0.25) is 5.91 Å². The summed E-state index contributed by atoms with van der Waals surface area (Å²) in [7, 11) is 0. The van der Waals surface area contributed by atoms with Crippen molar-refractivity contribution in [1.29, 1.82) is 0 Å². The van der Waals surface area contributed by atoms with E-state index in [9.17, 15) is 9.90 Å². The highest BCUT2D eigenvalue weighted by Crippen LogP contribution is 2.20. The molecule has 0 radical (unpaired) electrons. The van der Waals surface area contributed by atoms with Gasteiger partial charge in [-0.05, 0) is 37.8 Å². The first kappa shape index (κ1) is 15.0. The summed E-state index contributed by atoms with van der Waals surface area (Å²) >= 11 is 0. The minimum absolute atomic E-state index is 0.0463. The van der Waals surface area contributed by atoms with Crippen molar-refractivity contribution < 1.29 is 9.90 Å². The van der Waals surface area contributed by atoms with Crippen LogP contribution in [-0.4, -0.2) is 41.1 Å². The maximum absolute atomic E-state index is 12.1. The Morgan fingerprint density at radius 1 is 1.35 bits per heavy atom. The molecule has 0 fully saturated rings. The number of aliphatic hydroxyl groups excluding tert-OH is 1. The van der Waals surface area contributed by atoms with Crippen molar-refractivity contribution in [2.45, 2.75) is 45.4 Å². The summed E-state index contributed by atoms with van der Waals surface area (Å²) in [5.41, 5.74) is 2.72. The van der Waals surface area contributed by atoms with Crippen LogP contribution in [0.1, 0.15) is 31.4 Å². The van der Waals surface area contributed by atoms with Gasteiger partial charge in [-0.1, -0.05) is 24.3 Å². The maximum Gasteiger partial charge on any atom is 0.237 e. The molecule has 2 atom stereocenters. The van der Waals surface area contributed by atoms with E-state index in [0.717, 1.165) is 19.5 Å². The second kappa shape index (κ2) is 6.86. The number of hydrogen-bond donors (Lipinski definition) is 2. The van der Waals surface area contributed by atoms with Gasteiger partial charge in [-0.3, -0.25) is 9.69 Å². The van der Waals surface area contributed by atoms with Crippen LogP contribution in [0.15, 0.2) is 24.3 Å². The first-order valence-electron chi connectivity index (χ1n) is 7.34. The van der Waals surface area contributed by atoms with Crippen LogP contribution in [0.3, 0.4) is 0 Å². The predicted molar refractivity (Wildman–Crippen MR) is 79.3 cm³/mol. The Morgan fingerprint density at radius 3 is 2.75 bits per heavy atom. The second-order valence-electron chi connectivity index (χ2n) is 5.59. The van der Waals surface area contributed by atoms with Crippen LogP contribution >= 0.6 is 0 Å². The van der Waals surface area contributed by atoms with E-state index in [2.05, 4.69) is 34.5 Å². The molecule has 2 N–H and O–H groups in total. The van der Waals surface area contributed by atoms with Crippen molar-refractivity contribution in [1.82, 2.24) is 10.2 Å². The zero-order valence-electron chi connectivity index (χ0n) is 12.3. The van der Waals surface area contributed by atoms with Crippen LogP contribution in [-0.2, 0) is 17.8 Å². The van der Waals surface area contributed by atoms with Crippen LogP contribution in [0.4, 0.5) is 0 Å². The second-order valence-corrected chi connectivity index (χ2v) is 5.59. The average molecular weight is 276 g/mol. The molecular weight excluding hydrogens is 252 g/mol. The Hall–Kier alpha value is -1.39. The largest absolute Gasteiger partial charge is 0.393 e. The fourth-order valence-electron chi connectivity index (χ4n) is 2.57. The molecule has 0 aromatic heterocycles. The summed E-state index contributed by atoms with van der Waals surface area (Å²) in [5.74, 6) is 0.0463. The van der Waals surface area contributed by atoms with Gasteiger partial charge in [0.25, 0.3) is 0 Å². The summed E-state index contributed by atoms with van der Waals surface area (Å²) in [6, 6.07) is 8.30. The van der Waals surface area contributed by atoms with E-state index >= 15 is 0 Å². The summed E-state index contributed by atoms with van der Waals surface area (Å²) < 4.78 is 0. The topological polar surface area (TPSA) is 52.6 Å². The molecule has 1 aromatic carbocycles. The maximum atomic E-state index is 12.1. The SMILES string of the molecule is CC(O)CCNC(=O)C(C)N1CCc2ccccc2C1. The number of aliphatic hydroxyl groups is 1. The van der Waals surface area contributed by atoms with Crippen LogP contribution in [0.2, 0.25) is 0 Å². The fourth-order valence-corrected chi connectivity index (χ4v) is 2.57. The molecule has 4 nitrogen and oxygen atoms in total. The standard InChI is InChI=1S/C16H24N2O2/c1-12(19)7-9-17-16(20)13(2)18-10-8-14-5-3-4-6-15(14)11-18/h3-6,12-13,19H,7-11H2,1-2H3,(H,17,20). The molecule has 0 saturated heterocycles. The van der Waals surface area contributed by atoms with Gasteiger partial charge in [0.1, 0.15) is 0 Å². The number of fused-ring (bicyclic) bond motifs is 1. The van der Waals surface area contributed by atoms with Gasteiger partial charge in [0, 0.05) is 19.6 Å². The molecular formula is C16H24N2O2. The Bertz CT molecular complexity index is 460. The fraction of sp³-hybridized carbons (Fsp3) is 0.562. The van der Waals surface area contributed by atoms with E-state index in [-0.39, 0.29) is 18.1 Å². The number of rotatable bonds is 5. The molecule has 1 heterocycles. The van der Waals surface area contributed by atoms with Gasteiger partial charge in [-0.2, -0.15) is 0 Å². The summed E-state index contributed by atoms with van der Waals surface area (Å²) in [6.45, 7) is 5.97. The van der Waals surface area contributed by atoms with E-state index in [1.165, 1.54) is 11.1 Å². The average Bonchev–Trinajstić information content (AvgIpc) is 2.45. The Labute approximate surface area is 120 Å². The van der Waals surface area contributed by atoms with E-state index < -0.39 is 0 Å². The number of amides is 1. The number of nitrogens with one attached hydrogen (secondary N) is 1. The van der Waals surface area contributed by atoms with Crippen molar-refractivity contribution in [3.63, 3.8) is 0 Å². The number of carbonyl (C=O) groups excluding carboxylic acids is 1. The van der Waals surface area contributed by atoms with Crippen LogP contribution in [0.25, 0.3) is 0 Å². The quantitative estimate of drug-likeness (QED) is 0.853. The van der Waals surface area contributed by atoms with Gasteiger partial charge in [0.05, 0.1) is 12.1 Å². The lowest BCUT2D eigenvalue weighted by Crippen LogP contribution is -2.47. The van der Waals surface area contributed by atoms with Gasteiger partial charge in [-0.25, -0.2) is 0 Å². The van der Waals surface area contributed by atoms with Crippen LogP contribution < -0.4 is 5.32 Å². The Kier molecular flexibility index (Phi) is 5.15. The monoisotopic (exact) mass is 276 g/mol. The van der Waals surface area contributed by atoms with Crippen molar-refractivity contribution >= 4 is 5.91 Å². The van der Waals surface area contributed by atoms with Gasteiger partial charge in [0.15, 0.2) is 0 Å². The molecule has 1 aliphatic rings. The number of carbonyl (C=O) groups is 1. The summed E-state index contributed by atoms with van der Waals surface area (Å²) in [5, 5.41) is 12.1. The number of benzene rings is 1. The third kappa shape index (κ3) is 3.81. The highest BCUT2D eigenvalue weighted by atomic mass is 16.3. The third-order valence-corrected chi connectivity index (χ3v) is 3.95. The number of hydrogen-bond acceptors (Lipinski definition) is 3. The lowest BCUT2D eigenvalue weighted by molar-refractivity contribution is -0.126. The van der Waals surface area contributed by atoms with Gasteiger partial charge in [-0.15, -0.1) is 0 Å². The van der Waals surface area contributed by atoms with Gasteiger partial charge >= 0.3 is 0 Å². The van der Waals surface area contributed by atoms with E-state index in [1.54, 1.807) is 6.92 Å². The molecule has 2 rings (SSSR count). The predicted octanol–water partition coefficient (Wildman–Crippen LogP) is 1.32. The molecule has 1 amide bonds. The molecule has 1 aromatic rings. The molecule has 4 heteroatoms. The first-order valence-corrected chi connectivity index (χ1v) is 7.34. The summed E-state index contributed by atoms with van der Waals surface area (Å²) in [6.07, 6.45) is 1.23. The van der Waals surface area contributed by atoms with Crippen molar-refractivity contribution in [3.05, 3.63) is 35.4 Å². The minimum atomic E-state index is -0.368. The lowest BCUT2D eigenvalue weighted by Gasteiger charge is -2.32. The summed E-state index contributed by atoms with van der Waals surface area (Å²) in [4.78, 5) is 14.3.